The number of alkyl halides is 3. The van der Waals surface area contributed by atoms with Crippen LogP contribution in [0.3, 0.4) is 0 Å². The van der Waals surface area contributed by atoms with Crippen LogP contribution in [0, 0.1) is 6.92 Å². The third-order valence-electron chi connectivity index (χ3n) is 6.16. The molecule has 1 atom stereocenters. The van der Waals surface area contributed by atoms with E-state index in [9.17, 15) is 13.2 Å². The molecule has 1 heterocycles. The zero-order valence-electron chi connectivity index (χ0n) is 19.3. The number of aryl methyl sites for hydroxylation is 1. The molecule has 0 aliphatic rings. The molecular formula is C26H31BClF3N2. The Kier molecular flexibility index (Phi) is 9.07. The van der Waals surface area contributed by atoms with Gasteiger partial charge in [-0.3, -0.25) is 4.98 Å². The molecule has 2 nitrogen and oxygen atoms in total. The first-order chi connectivity index (χ1) is 15.8. The Morgan fingerprint density at radius 2 is 1.73 bits per heavy atom. The van der Waals surface area contributed by atoms with Crippen molar-refractivity contribution >= 4 is 24.6 Å². The smallest absolute Gasteiger partial charge is 0.341 e. The molecular weight excluding hydrogens is 444 g/mol. The summed E-state index contributed by atoms with van der Waals surface area (Å²) in [6.07, 6.45) is 4.67. The monoisotopic (exact) mass is 474 g/mol. The molecule has 3 aromatic rings. The summed E-state index contributed by atoms with van der Waals surface area (Å²) in [6.45, 7) is 5.11. The minimum Gasteiger partial charge on any atom is -0.341 e. The van der Waals surface area contributed by atoms with Crippen molar-refractivity contribution in [2.45, 2.75) is 70.9 Å². The Balaban J connectivity index is 1.88. The first-order valence-corrected chi connectivity index (χ1v) is 12.1. The SMILES string of the molecule is CCCCCCCCn1c(C)cnc1BC(c1cccc(C(F)(F)F)c1)c1ccccc1Cl. The summed E-state index contributed by atoms with van der Waals surface area (Å²) in [5.41, 5.74) is 2.70. The van der Waals surface area contributed by atoms with Crippen LogP contribution in [0.4, 0.5) is 13.2 Å². The third kappa shape index (κ3) is 6.89. The number of rotatable bonds is 11. The van der Waals surface area contributed by atoms with Crippen LogP contribution in [0.5, 0.6) is 0 Å². The van der Waals surface area contributed by atoms with Crippen LogP contribution in [-0.2, 0) is 12.7 Å². The maximum Gasteiger partial charge on any atom is 0.416 e. The van der Waals surface area contributed by atoms with Gasteiger partial charge in [0.15, 0.2) is 0 Å². The average molecular weight is 475 g/mol. The highest BCUT2D eigenvalue weighted by atomic mass is 35.5. The number of aromatic nitrogens is 2. The molecule has 0 saturated carbocycles. The fourth-order valence-electron chi connectivity index (χ4n) is 4.31. The summed E-state index contributed by atoms with van der Waals surface area (Å²) in [5, 5.41) is 0.547. The largest absolute Gasteiger partial charge is 0.416 e. The van der Waals surface area contributed by atoms with E-state index in [1.54, 1.807) is 12.1 Å². The lowest BCUT2D eigenvalue weighted by atomic mass is 9.58. The maximum absolute atomic E-state index is 13.4. The van der Waals surface area contributed by atoms with Gasteiger partial charge >= 0.3 is 6.18 Å². The minimum absolute atomic E-state index is 0.328. The molecule has 1 aromatic heterocycles. The number of unbranched alkanes of at least 4 members (excludes halogenated alkanes) is 5. The van der Waals surface area contributed by atoms with Gasteiger partial charge in [-0.25, -0.2) is 0 Å². The molecule has 0 fully saturated rings. The van der Waals surface area contributed by atoms with E-state index < -0.39 is 11.7 Å². The van der Waals surface area contributed by atoms with Gasteiger partial charge in [0, 0.05) is 23.5 Å². The Morgan fingerprint density at radius 1 is 1.00 bits per heavy atom. The molecule has 0 aliphatic heterocycles. The zero-order valence-corrected chi connectivity index (χ0v) is 20.1. The predicted molar refractivity (Wildman–Crippen MR) is 132 cm³/mol. The van der Waals surface area contributed by atoms with E-state index in [0.29, 0.717) is 17.9 Å². The van der Waals surface area contributed by atoms with Gasteiger partial charge in [0.25, 0.3) is 0 Å². The summed E-state index contributed by atoms with van der Waals surface area (Å²) >= 11 is 6.50. The average Bonchev–Trinajstić information content (AvgIpc) is 3.13. The van der Waals surface area contributed by atoms with Crippen LogP contribution in [-0.4, -0.2) is 16.8 Å². The standard InChI is InChI=1S/C26H31BClF3N2/c1-3-4-5-6-7-10-16-33-19(2)18-32-25(33)27-24(22-14-8-9-15-23(22)28)20-12-11-13-21(17-20)26(29,30)31/h8-9,11-15,17-18,24,27H,3-7,10,16H2,1-2H3. The predicted octanol–water partition coefficient (Wildman–Crippen LogP) is 7.08. The molecule has 2 aromatic carbocycles. The summed E-state index contributed by atoms with van der Waals surface area (Å²) in [5.74, 6) is -0.328. The third-order valence-corrected chi connectivity index (χ3v) is 6.50. The fourth-order valence-corrected chi connectivity index (χ4v) is 4.58. The van der Waals surface area contributed by atoms with Crippen molar-refractivity contribution in [1.82, 2.24) is 9.55 Å². The van der Waals surface area contributed by atoms with E-state index in [4.69, 9.17) is 11.6 Å². The van der Waals surface area contributed by atoms with Crippen molar-refractivity contribution in [2.75, 3.05) is 0 Å². The molecule has 7 heteroatoms. The summed E-state index contributed by atoms with van der Waals surface area (Å²) < 4.78 is 42.5. The number of hydrogen-bond acceptors (Lipinski definition) is 1. The highest BCUT2D eigenvalue weighted by Gasteiger charge is 2.32. The lowest BCUT2D eigenvalue weighted by Crippen LogP contribution is -2.32. The highest BCUT2D eigenvalue weighted by molar-refractivity contribution is 6.54. The van der Waals surface area contributed by atoms with E-state index in [1.165, 1.54) is 44.2 Å². The Morgan fingerprint density at radius 3 is 2.45 bits per heavy atom. The topological polar surface area (TPSA) is 17.8 Å². The normalized spacial score (nSPS) is 12.7. The second kappa shape index (κ2) is 11.8. The van der Waals surface area contributed by atoms with Crippen LogP contribution >= 0.6 is 11.6 Å². The second-order valence-corrected chi connectivity index (χ2v) is 9.04. The van der Waals surface area contributed by atoms with Crippen LogP contribution in [0.1, 0.15) is 73.7 Å². The van der Waals surface area contributed by atoms with Gasteiger partial charge in [0.2, 0.25) is 7.28 Å². The number of nitrogens with zero attached hydrogens (tertiary/aromatic N) is 2. The molecule has 176 valence electrons. The number of hydrogen-bond donors (Lipinski definition) is 0. The minimum atomic E-state index is -4.39. The molecule has 3 rings (SSSR count). The molecule has 0 spiro atoms. The van der Waals surface area contributed by atoms with E-state index in [0.717, 1.165) is 36.0 Å². The van der Waals surface area contributed by atoms with Crippen molar-refractivity contribution in [3.8, 4) is 0 Å². The van der Waals surface area contributed by atoms with Crippen molar-refractivity contribution < 1.29 is 13.2 Å². The number of imidazole rings is 1. The molecule has 0 aliphatic carbocycles. The van der Waals surface area contributed by atoms with Gasteiger partial charge in [-0.1, -0.05) is 87.0 Å². The second-order valence-electron chi connectivity index (χ2n) is 8.64. The molecule has 0 bridgehead atoms. The Labute approximate surface area is 200 Å². The zero-order chi connectivity index (χ0) is 23.8. The fraction of sp³-hybridized carbons (Fsp3) is 0.423. The molecule has 0 N–H and O–H groups in total. The van der Waals surface area contributed by atoms with E-state index in [2.05, 4.69) is 16.5 Å². The number of benzene rings is 2. The van der Waals surface area contributed by atoms with E-state index in [-0.39, 0.29) is 5.82 Å². The maximum atomic E-state index is 13.4. The van der Waals surface area contributed by atoms with Gasteiger partial charge in [0.1, 0.15) is 0 Å². The summed E-state index contributed by atoms with van der Waals surface area (Å²) in [7, 11) is 0.481. The van der Waals surface area contributed by atoms with Gasteiger partial charge < -0.3 is 4.57 Å². The molecule has 0 radical (unpaired) electrons. The Bertz CT molecular complexity index is 1030. The van der Waals surface area contributed by atoms with E-state index >= 15 is 0 Å². The first-order valence-electron chi connectivity index (χ1n) is 11.7. The van der Waals surface area contributed by atoms with Crippen LogP contribution in [0.2, 0.25) is 5.02 Å². The first kappa shape index (κ1) is 25.4. The van der Waals surface area contributed by atoms with Crippen LogP contribution in [0.25, 0.3) is 0 Å². The molecule has 33 heavy (non-hydrogen) atoms. The van der Waals surface area contributed by atoms with Crippen molar-refractivity contribution in [3.05, 3.63) is 82.1 Å². The lowest BCUT2D eigenvalue weighted by molar-refractivity contribution is -0.137. The van der Waals surface area contributed by atoms with Gasteiger partial charge in [-0.2, -0.15) is 13.2 Å². The molecule has 0 saturated heterocycles. The molecule has 0 amide bonds. The quantitative estimate of drug-likeness (QED) is 0.214. The van der Waals surface area contributed by atoms with Crippen molar-refractivity contribution in [3.63, 3.8) is 0 Å². The summed E-state index contributed by atoms with van der Waals surface area (Å²) in [6, 6.07) is 12.9. The van der Waals surface area contributed by atoms with Gasteiger partial charge in [-0.15, -0.1) is 0 Å². The van der Waals surface area contributed by atoms with Crippen molar-refractivity contribution in [2.24, 2.45) is 0 Å². The van der Waals surface area contributed by atoms with Gasteiger partial charge in [0.05, 0.1) is 11.3 Å². The van der Waals surface area contributed by atoms with E-state index in [1.807, 2.05) is 31.3 Å². The van der Waals surface area contributed by atoms with Crippen molar-refractivity contribution in [1.29, 1.82) is 0 Å². The lowest BCUT2D eigenvalue weighted by Gasteiger charge is -2.20. The summed E-state index contributed by atoms with van der Waals surface area (Å²) in [4.78, 5) is 4.63. The molecule has 1 unspecified atom stereocenters. The highest BCUT2D eigenvalue weighted by Crippen LogP contribution is 2.34. The van der Waals surface area contributed by atoms with Gasteiger partial charge in [-0.05, 0) is 42.4 Å². The number of halogens is 4. The van der Waals surface area contributed by atoms with Crippen LogP contribution in [0.15, 0.2) is 54.7 Å². The van der Waals surface area contributed by atoms with Crippen LogP contribution < -0.4 is 5.72 Å². The Hall–Kier alpha value is -2.21.